The molecule has 4 heteroatoms. The molecule has 2 rings (SSSR count). The molecule has 0 aliphatic rings. The minimum Gasteiger partial charge on any atom is -0.496 e. The Labute approximate surface area is 112 Å². The maximum atomic E-state index is 6.19. The molecule has 18 heavy (non-hydrogen) atoms. The highest BCUT2D eigenvalue weighted by Crippen LogP contribution is 2.20. The van der Waals surface area contributed by atoms with Crippen molar-refractivity contribution in [1.82, 2.24) is 4.98 Å². The number of nitrogens with zero attached hydrogens (tertiary/aromatic N) is 1. The van der Waals surface area contributed by atoms with E-state index in [2.05, 4.69) is 11.1 Å². The molecule has 1 heterocycles. The summed E-state index contributed by atoms with van der Waals surface area (Å²) >= 11 is 1.71. The van der Waals surface area contributed by atoms with Gasteiger partial charge in [0.1, 0.15) is 5.75 Å². The van der Waals surface area contributed by atoms with Gasteiger partial charge < -0.3 is 10.5 Å². The number of benzene rings is 1. The van der Waals surface area contributed by atoms with Gasteiger partial charge in [-0.3, -0.25) is 0 Å². The number of rotatable bonds is 5. The quantitative estimate of drug-likeness (QED) is 0.901. The van der Waals surface area contributed by atoms with Gasteiger partial charge in [-0.15, -0.1) is 11.3 Å². The van der Waals surface area contributed by atoms with E-state index in [1.807, 2.05) is 31.3 Å². The molecular weight excluding hydrogens is 244 g/mol. The summed E-state index contributed by atoms with van der Waals surface area (Å²) in [6.45, 7) is 2.01. The Morgan fingerprint density at radius 3 is 2.78 bits per heavy atom. The van der Waals surface area contributed by atoms with Gasteiger partial charge in [0.2, 0.25) is 0 Å². The molecule has 0 spiro atoms. The van der Waals surface area contributed by atoms with Crippen molar-refractivity contribution in [2.45, 2.75) is 25.8 Å². The smallest absolute Gasteiger partial charge is 0.122 e. The van der Waals surface area contributed by atoms with Crippen molar-refractivity contribution in [3.8, 4) is 5.75 Å². The minimum absolute atomic E-state index is 0.0983. The first-order chi connectivity index (χ1) is 8.69. The highest BCUT2D eigenvalue weighted by atomic mass is 32.1. The van der Waals surface area contributed by atoms with Gasteiger partial charge in [-0.2, -0.15) is 0 Å². The molecule has 0 fully saturated rings. The number of nitrogens with two attached hydrogens (primary N) is 1. The number of hydrogen-bond donors (Lipinski definition) is 1. The van der Waals surface area contributed by atoms with E-state index in [0.29, 0.717) is 0 Å². The van der Waals surface area contributed by atoms with Gasteiger partial charge in [0.25, 0.3) is 0 Å². The van der Waals surface area contributed by atoms with Crippen LogP contribution in [0.3, 0.4) is 0 Å². The summed E-state index contributed by atoms with van der Waals surface area (Å²) in [6, 6.07) is 8.12. The van der Waals surface area contributed by atoms with Gasteiger partial charge in [-0.25, -0.2) is 4.98 Å². The molecule has 2 N–H and O–H groups in total. The first-order valence-electron chi connectivity index (χ1n) is 5.98. The third-order valence-electron chi connectivity index (χ3n) is 2.81. The Balaban J connectivity index is 2.00. The zero-order chi connectivity index (χ0) is 13.0. The molecular formula is C14H18N2OS. The van der Waals surface area contributed by atoms with E-state index >= 15 is 0 Å². The highest BCUT2D eigenvalue weighted by molar-refractivity contribution is 7.11. The highest BCUT2D eigenvalue weighted by Gasteiger charge is 2.10. The number of ether oxygens (including phenoxy) is 1. The Hall–Kier alpha value is -1.39. The van der Waals surface area contributed by atoms with Gasteiger partial charge in [-0.05, 0) is 31.4 Å². The van der Waals surface area contributed by atoms with Crippen molar-refractivity contribution >= 4 is 11.3 Å². The maximum absolute atomic E-state index is 6.19. The first kappa shape index (κ1) is 13.1. The van der Waals surface area contributed by atoms with Crippen LogP contribution in [-0.2, 0) is 12.8 Å². The fourth-order valence-electron chi connectivity index (χ4n) is 1.98. The van der Waals surface area contributed by atoms with Gasteiger partial charge in [-0.1, -0.05) is 18.2 Å². The van der Waals surface area contributed by atoms with Crippen LogP contribution >= 0.6 is 11.3 Å². The van der Waals surface area contributed by atoms with E-state index in [4.69, 9.17) is 10.5 Å². The maximum Gasteiger partial charge on any atom is 0.122 e. The molecule has 96 valence electrons. The molecule has 0 saturated carbocycles. The van der Waals surface area contributed by atoms with Crippen LogP contribution in [-0.4, -0.2) is 18.1 Å². The largest absolute Gasteiger partial charge is 0.496 e. The van der Waals surface area contributed by atoms with Gasteiger partial charge in [0.05, 0.1) is 12.1 Å². The standard InChI is InChI=1S/C14H18N2OS/c1-10-16-9-13(18-10)8-12(15)7-11-5-3-4-6-14(11)17-2/h3-6,9,12H,7-8,15H2,1-2H3. The van der Waals surface area contributed by atoms with Crippen LogP contribution in [0.2, 0.25) is 0 Å². The lowest BCUT2D eigenvalue weighted by Crippen LogP contribution is -2.25. The molecule has 1 aromatic carbocycles. The second-order valence-corrected chi connectivity index (χ2v) is 5.65. The molecule has 1 aromatic heterocycles. The van der Waals surface area contributed by atoms with Crippen molar-refractivity contribution in [2.24, 2.45) is 5.73 Å². The molecule has 0 radical (unpaired) electrons. The third-order valence-corrected chi connectivity index (χ3v) is 3.74. The van der Waals surface area contributed by atoms with Crippen LogP contribution in [0, 0.1) is 6.92 Å². The Morgan fingerprint density at radius 2 is 2.11 bits per heavy atom. The molecule has 2 aromatic rings. The van der Waals surface area contributed by atoms with Crippen LogP contribution in [0.15, 0.2) is 30.5 Å². The zero-order valence-corrected chi connectivity index (χ0v) is 11.5. The molecule has 0 aliphatic heterocycles. The van der Waals surface area contributed by atoms with E-state index in [1.54, 1.807) is 18.4 Å². The molecule has 1 atom stereocenters. The number of aromatic nitrogens is 1. The van der Waals surface area contributed by atoms with Gasteiger partial charge in [0, 0.05) is 17.1 Å². The average molecular weight is 262 g/mol. The topological polar surface area (TPSA) is 48.1 Å². The lowest BCUT2D eigenvalue weighted by Gasteiger charge is -2.13. The minimum atomic E-state index is 0.0983. The summed E-state index contributed by atoms with van der Waals surface area (Å²) in [4.78, 5) is 5.49. The second-order valence-electron chi connectivity index (χ2n) is 4.33. The number of methoxy groups -OCH3 is 1. The van der Waals surface area contributed by atoms with E-state index in [1.165, 1.54) is 4.88 Å². The lowest BCUT2D eigenvalue weighted by molar-refractivity contribution is 0.408. The molecule has 0 amide bonds. The summed E-state index contributed by atoms with van der Waals surface area (Å²) in [6.07, 6.45) is 3.60. The van der Waals surface area contributed by atoms with Crippen LogP contribution in [0.4, 0.5) is 0 Å². The average Bonchev–Trinajstić information content (AvgIpc) is 2.75. The zero-order valence-electron chi connectivity index (χ0n) is 10.7. The van der Waals surface area contributed by atoms with Crippen LogP contribution < -0.4 is 10.5 Å². The lowest BCUT2D eigenvalue weighted by atomic mass is 10.0. The van der Waals surface area contributed by atoms with Crippen molar-refractivity contribution in [2.75, 3.05) is 7.11 Å². The van der Waals surface area contributed by atoms with Crippen LogP contribution in [0.25, 0.3) is 0 Å². The summed E-state index contributed by atoms with van der Waals surface area (Å²) < 4.78 is 5.34. The summed E-state index contributed by atoms with van der Waals surface area (Å²) in [7, 11) is 1.69. The van der Waals surface area contributed by atoms with Crippen molar-refractivity contribution in [3.63, 3.8) is 0 Å². The summed E-state index contributed by atoms with van der Waals surface area (Å²) in [5, 5.41) is 1.09. The Kier molecular flexibility index (Phi) is 4.33. The van der Waals surface area contributed by atoms with Crippen LogP contribution in [0.5, 0.6) is 5.75 Å². The van der Waals surface area contributed by atoms with E-state index < -0.39 is 0 Å². The predicted molar refractivity (Wildman–Crippen MR) is 75.2 cm³/mol. The number of hydrogen-bond acceptors (Lipinski definition) is 4. The normalized spacial score (nSPS) is 12.4. The van der Waals surface area contributed by atoms with Crippen molar-refractivity contribution < 1.29 is 4.74 Å². The Bertz CT molecular complexity index is 510. The van der Waals surface area contributed by atoms with E-state index in [-0.39, 0.29) is 6.04 Å². The molecule has 1 unspecified atom stereocenters. The second kappa shape index (κ2) is 5.98. The number of para-hydroxylation sites is 1. The fourth-order valence-corrected chi connectivity index (χ4v) is 2.87. The van der Waals surface area contributed by atoms with Gasteiger partial charge in [0.15, 0.2) is 0 Å². The third kappa shape index (κ3) is 3.31. The number of thiazole rings is 1. The van der Waals surface area contributed by atoms with E-state index in [0.717, 1.165) is 29.2 Å². The van der Waals surface area contributed by atoms with Gasteiger partial charge >= 0.3 is 0 Å². The van der Waals surface area contributed by atoms with Crippen LogP contribution in [0.1, 0.15) is 15.4 Å². The SMILES string of the molecule is COc1ccccc1CC(N)Cc1cnc(C)s1. The number of aryl methyl sites for hydroxylation is 1. The molecule has 0 saturated heterocycles. The Morgan fingerprint density at radius 1 is 1.33 bits per heavy atom. The van der Waals surface area contributed by atoms with E-state index in [9.17, 15) is 0 Å². The fraction of sp³-hybridized carbons (Fsp3) is 0.357. The monoisotopic (exact) mass is 262 g/mol. The molecule has 0 bridgehead atoms. The first-order valence-corrected chi connectivity index (χ1v) is 6.79. The van der Waals surface area contributed by atoms with Crippen molar-refractivity contribution in [3.05, 3.63) is 45.9 Å². The van der Waals surface area contributed by atoms with Crippen molar-refractivity contribution in [1.29, 1.82) is 0 Å². The summed E-state index contributed by atoms with van der Waals surface area (Å²) in [5.74, 6) is 0.911. The summed E-state index contributed by atoms with van der Waals surface area (Å²) in [5.41, 5.74) is 7.35. The molecule has 3 nitrogen and oxygen atoms in total. The predicted octanol–water partition coefficient (Wildman–Crippen LogP) is 2.57. The molecule has 0 aliphatic carbocycles.